The highest BCUT2D eigenvalue weighted by atomic mass is 19.1. The molecular formula is C14H22FNO2. The van der Waals surface area contributed by atoms with E-state index in [1.165, 1.54) is 12.1 Å². The molecule has 0 aliphatic carbocycles. The van der Waals surface area contributed by atoms with Crippen LogP contribution in [0.15, 0.2) is 18.2 Å². The van der Waals surface area contributed by atoms with Crippen LogP contribution in [0.2, 0.25) is 0 Å². The summed E-state index contributed by atoms with van der Waals surface area (Å²) in [6, 6.07) is 4.49. The van der Waals surface area contributed by atoms with Crippen molar-refractivity contribution in [3.05, 3.63) is 29.6 Å². The molecule has 0 heterocycles. The maximum atomic E-state index is 13.1. The molecule has 102 valence electrons. The van der Waals surface area contributed by atoms with E-state index in [9.17, 15) is 4.39 Å². The summed E-state index contributed by atoms with van der Waals surface area (Å²) < 4.78 is 24.2. The first-order chi connectivity index (χ1) is 8.42. The second-order valence-electron chi connectivity index (χ2n) is 5.10. The number of ether oxygens (including phenoxy) is 2. The molecule has 1 aromatic rings. The average molecular weight is 255 g/mol. The Bertz CT molecular complexity index is 375. The molecule has 0 spiro atoms. The van der Waals surface area contributed by atoms with Gasteiger partial charge in [0.05, 0.1) is 12.2 Å². The fraction of sp³-hybridized carbons (Fsp3) is 0.571. The van der Waals surface area contributed by atoms with Crippen molar-refractivity contribution in [3.63, 3.8) is 0 Å². The van der Waals surface area contributed by atoms with Crippen molar-refractivity contribution in [3.8, 4) is 5.75 Å². The van der Waals surface area contributed by atoms with Crippen LogP contribution in [-0.2, 0) is 11.2 Å². The van der Waals surface area contributed by atoms with E-state index in [1.807, 2.05) is 20.8 Å². The highest BCUT2D eigenvalue weighted by Crippen LogP contribution is 2.20. The van der Waals surface area contributed by atoms with Crippen LogP contribution < -0.4 is 10.5 Å². The van der Waals surface area contributed by atoms with E-state index in [0.717, 1.165) is 5.56 Å². The zero-order valence-electron chi connectivity index (χ0n) is 11.3. The molecule has 0 fully saturated rings. The van der Waals surface area contributed by atoms with Crippen molar-refractivity contribution in [1.29, 1.82) is 0 Å². The number of rotatable bonds is 6. The van der Waals surface area contributed by atoms with Crippen molar-refractivity contribution in [2.45, 2.75) is 32.8 Å². The Morgan fingerprint density at radius 1 is 1.22 bits per heavy atom. The van der Waals surface area contributed by atoms with Gasteiger partial charge in [-0.15, -0.1) is 0 Å². The van der Waals surface area contributed by atoms with Crippen LogP contribution in [0.1, 0.15) is 26.3 Å². The van der Waals surface area contributed by atoms with Gasteiger partial charge >= 0.3 is 0 Å². The second-order valence-corrected chi connectivity index (χ2v) is 5.10. The molecule has 0 aliphatic rings. The van der Waals surface area contributed by atoms with E-state index in [4.69, 9.17) is 15.2 Å². The molecule has 0 amide bonds. The zero-order valence-corrected chi connectivity index (χ0v) is 11.3. The standard InChI is InChI=1S/C14H22FNO2/c1-14(2,3)18-9-8-17-13-5-4-12(15)10-11(13)6-7-16/h4-5,10H,6-9,16H2,1-3H3. The maximum absolute atomic E-state index is 13.1. The molecule has 1 aromatic carbocycles. The molecule has 0 aromatic heterocycles. The molecule has 0 radical (unpaired) electrons. The van der Waals surface area contributed by atoms with Gasteiger partial charge in [-0.3, -0.25) is 0 Å². The summed E-state index contributed by atoms with van der Waals surface area (Å²) in [5, 5.41) is 0. The molecule has 4 heteroatoms. The first kappa shape index (κ1) is 14.9. The van der Waals surface area contributed by atoms with Gasteiger partial charge in [0.15, 0.2) is 0 Å². The Morgan fingerprint density at radius 2 is 1.94 bits per heavy atom. The normalized spacial score (nSPS) is 11.6. The molecule has 0 saturated carbocycles. The van der Waals surface area contributed by atoms with Crippen LogP contribution in [-0.4, -0.2) is 25.4 Å². The lowest BCUT2D eigenvalue weighted by Gasteiger charge is -2.20. The molecule has 0 aliphatic heterocycles. The highest BCUT2D eigenvalue weighted by molar-refractivity contribution is 5.34. The van der Waals surface area contributed by atoms with Gasteiger partial charge in [-0.1, -0.05) is 0 Å². The lowest BCUT2D eigenvalue weighted by molar-refractivity contribution is -0.0163. The first-order valence-corrected chi connectivity index (χ1v) is 6.17. The predicted molar refractivity (Wildman–Crippen MR) is 70.4 cm³/mol. The molecule has 0 saturated heterocycles. The Hall–Kier alpha value is -1.13. The summed E-state index contributed by atoms with van der Waals surface area (Å²) in [7, 11) is 0. The van der Waals surface area contributed by atoms with Crippen molar-refractivity contribution in [1.82, 2.24) is 0 Å². The first-order valence-electron chi connectivity index (χ1n) is 6.17. The summed E-state index contributed by atoms with van der Waals surface area (Å²) in [6.45, 7) is 7.39. The lowest BCUT2D eigenvalue weighted by Crippen LogP contribution is -2.22. The fourth-order valence-electron chi connectivity index (χ4n) is 1.54. The second kappa shape index (κ2) is 6.71. The molecule has 3 nitrogen and oxygen atoms in total. The third kappa shape index (κ3) is 5.47. The van der Waals surface area contributed by atoms with Crippen molar-refractivity contribution >= 4 is 0 Å². The molecule has 18 heavy (non-hydrogen) atoms. The zero-order chi connectivity index (χ0) is 13.6. The van der Waals surface area contributed by atoms with E-state index >= 15 is 0 Å². The third-order valence-corrected chi connectivity index (χ3v) is 2.31. The van der Waals surface area contributed by atoms with Gasteiger partial charge in [-0.2, -0.15) is 0 Å². The van der Waals surface area contributed by atoms with Crippen LogP contribution in [0.4, 0.5) is 4.39 Å². The number of halogens is 1. The molecule has 0 atom stereocenters. The SMILES string of the molecule is CC(C)(C)OCCOc1ccc(F)cc1CCN. The van der Waals surface area contributed by atoms with Gasteiger partial charge in [0.25, 0.3) is 0 Å². The van der Waals surface area contributed by atoms with E-state index in [2.05, 4.69) is 0 Å². The van der Waals surface area contributed by atoms with Crippen molar-refractivity contribution in [2.24, 2.45) is 5.73 Å². The average Bonchev–Trinajstić information content (AvgIpc) is 2.26. The summed E-state index contributed by atoms with van der Waals surface area (Å²) in [5.41, 5.74) is 6.11. The van der Waals surface area contributed by atoms with Crippen LogP contribution in [0.3, 0.4) is 0 Å². The van der Waals surface area contributed by atoms with Crippen LogP contribution in [0.5, 0.6) is 5.75 Å². The van der Waals surface area contributed by atoms with Gasteiger partial charge in [-0.05, 0) is 57.5 Å². The molecular weight excluding hydrogens is 233 g/mol. The van der Waals surface area contributed by atoms with E-state index in [0.29, 0.717) is 31.9 Å². The van der Waals surface area contributed by atoms with Gasteiger partial charge in [-0.25, -0.2) is 4.39 Å². The van der Waals surface area contributed by atoms with Crippen LogP contribution in [0, 0.1) is 5.82 Å². The quantitative estimate of drug-likeness (QED) is 0.794. The fourth-order valence-corrected chi connectivity index (χ4v) is 1.54. The summed E-state index contributed by atoms with van der Waals surface area (Å²) in [4.78, 5) is 0. The number of hydrogen-bond donors (Lipinski definition) is 1. The monoisotopic (exact) mass is 255 g/mol. The van der Waals surface area contributed by atoms with Gasteiger partial charge in [0.1, 0.15) is 18.2 Å². The minimum Gasteiger partial charge on any atom is -0.491 e. The van der Waals surface area contributed by atoms with Crippen molar-refractivity contribution in [2.75, 3.05) is 19.8 Å². The predicted octanol–water partition coefficient (Wildman–Crippen LogP) is 2.52. The van der Waals surface area contributed by atoms with Crippen LogP contribution >= 0.6 is 0 Å². The highest BCUT2D eigenvalue weighted by Gasteiger charge is 2.10. The van der Waals surface area contributed by atoms with Gasteiger partial charge in [0.2, 0.25) is 0 Å². The van der Waals surface area contributed by atoms with Crippen LogP contribution in [0.25, 0.3) is 0 Å². The topological polar surface area (TPSA) is 44.5 Å². The Labute approximate surface area is 108 Å². The Balaban J connectivity index is 2.51. The van der Waals surface area contributed by atoms with Crippen molar-refractivity contribution < 1.29 is 13.9 Å². The van der Waals surface area contributed by atoms with Gasteiger partial charge in [0, 0.05) is 0 Å². The molecule has 0 unspecified atom stereocenters. The minimum atomic E-state index is -0.267. The summed E-state index contributed by atoms with van der Waals surface area (Å²) in [5.74, 6) is 0.413. The Morgan fingerprint density at radius 3 is 2.56 bits per heavy atom. The third-order valence-electron chi connectivity index (χ3n) is 2.31. The molecule has 0 bridgehead atoms. The minimum absolute atomic E-state index is 0.174. The van der Waals surface area contributed by atoms with E-state index in [-0.39, 0.29) is 11.4 Å². The van der Waals surface area contributed by atoms with E-state index < -0.39 is 0 Å². The lowest BCUT2D eigenvalue weighted by atomic mass is 10.1. The van der Waals surface area contributed by atoms with Gasteiger partial charge < -0.3 is 15.2 Å². The largest absolute Gasteiger partial charge is 0.491 e. The number of hydrogen-bond acceptors (Lipinski definition) is 3. The maximum Gasteiger partial charge on any atom is 0.123 e. The summed E-state index contributed by atoms with van der Waals surface area (Å²) in [6.07, 6.45) is 0.604. The molecule has 2 N–H and O–H groups in total. The summed E-state index contributed by atoms with van der Waals surface area (Å²) >= 11 is 0. The molecule has 1 rings (SSSR count). The number of nitrogens with two attached hydrogens (primary N) is 1. The Kier molecular flexibility index (Phi) is 5.56. The van der Waals surface area contributed by atoms with E-state index in [1.54, 1.807) is 6.07 Å². The number of benzene rings is 1. The smallest absolute Gasteiger partial charge is 0.123 e.